The number of hydrogen-bond acceptors (Lipinski definition) is 16. The summed E-state index contributed by atoms with van der Waals surface area (Å²) >= 11 is 42.6. The van der Waals surface area contributed by atoms with Gasteiger partial charge in [-0.15, -0.1) is 17.7 Å². The molecule has 0 bridgehead atoms. The van der Waals surface area contributed by atoms with Gasteiger partial charge in [0.05, 0.1) is 31.1 Å². The van der Waals surface area contributed by atoms with Crippen molar-refractivity contribution < 1.29 is 76.0 Å². The Morgan fingerprint density at radius 3 is 1.56 bits per heavy atom. The van der Waals surface area contributed by atoms with Crippen molar-refractivity contribution in [1.29, 1.82) is 0 Å². The molecule has 8 atom stereocenters. The number of nitrogens with zero attached hydrogens (tertiary/aromatic N) is 7. The molecule has 8 aromatic rings. The largest absolute Gasteiger partial charge is 1.00 e. The third-order valence-corrected chi connectivity index (χ3v) is 24.5. The smallest absolute Gasteiger partial charge is 0.413 e. The quantitative estimate of drug-likeness (QED) is 0.0397. The number of ether oxygens (including phenoxy) is 7. The van der Waals surface area contributed by atoms with Crippen LogP contribution in [0, 0.1) is 6.07 Å². The molecule has 5 fully saturated rings. The first kappa shape index (κ1) is 85.3. The van der Waals surface area contributed by atoms with Crippen LogP contribution >= 0.6 is 101 Å². The van der Waals surface area contributed by atoms with Crippen LogP contribution in [0.3, 0.4) is 0 Å². The molecule has 0 radical (unpaired) electrons. The summed E-state index contributed by atoms with van der Waals surface area (Å²) in [6.07, 6.45) is 5.68. The molecule has 5 aliphatic heterocycles. The predicted octanol–water partition coefficient (Wildman–Crippen LogP) is 15.5. The molecule has 4 aromatic heterocycles. The Bertz CT molecular complexity index is 3980. The number of aliphatic hydroxyl groups is 1. The molecule has 1 N–H and O–H groups in total. The number of fused-ring (bicyclic) bond motifs is 4. The molecular formula is C71H86Br2Cl6LiN7O12Si. The number of carbonyl (C=O) groups excluding carboxylic acids is 2. The van der Waals surface area contributed by atoms with Gasteiger partial charge in [-0.3, -0.25) is 14.4 Å². The first-order valence-electron chi connectivity index (χ1n) is 31.8. The van der Waals surface area contributed by atoms with Crippen molar-refractivity contribution in [2.45, 2.75) is 187 Å². The summed E-state index contributed by atoms with van der Waals surface area (Å²) in [4.78, 5) is 48.5. The van der Waals surface area contributed by atoms with E-state index in [2.05, 4.69) is 106 Å². The predicted molar refractivity (Wildman–Crippen MR) is 398 cm³/mol. The fourth-order valence-electron chi connectivity index (χ4n) is 10.8. The van der Waals surface area contributed by atoms with Gasteiger partial charge in [0.2, 0.25) is 0 Å². The topological polar surface area (TPSA) is 202 Å². The zero-order valence-electron chi connectivity index (χ0n) is 57.8. The third-order valence-electron chi connectivity index (χ3n) is 16.9. The fraction of sp³-hybridized carbons (Fsp3) is 0.465. The summed E-state index contributed by atoms with van der Waals surface area (Å²) in [5.74, 6) is -2.29. The second-order valence-electron chi connectivity index (χ2n) is 25.7. The number of likely N-dealkylation sites (N-methyl/N-ethyl adjacent to an activating group) is 1. The minimum absolute atomic E-state index is 0. The second kappa shape index (κ2) is 37.6. The van der Waals surface area contributed by atoms with E-state index in [1.807, 2.05) is 73.1 Å². The Labute approximate surface area is 646 Å². The van der Waals surface area contributed by atoms with Crippen molar-refractivity contribution >= 4 is 144 Å². The summed E-state index contributed by atoms with van der Waals surface area (Å²) in [5, 5.41) is 14.7. The number of ketones is 1. The monoisotopic (exact) mass is 1630 g/mol. The number of benzene rings is 4. The molecule has 4 aromatic carbocycles. The maximum atomic E-state index is 14.1. The van der Waals surface area contributed by atoms with Crippen molar-refractivity contribution in [2.24, 2.45) is 0 Å². The van der Waals surface area contributed by atoms with Crippen molar-refractivity contribution in [3.63, 3.8) is 0 Å². The second-order valence-corrected chi connectivity index (χ2v) is 34.7. The molecule has 5 saturated heterocycles. The zero-order chi connectivity index (χ0) is 71.6. The van der Waals surface area contributed by atoms with Gasteiger partial charge in [0, 0.05) is 62.2 Å². The Morgan fingerprint density at radius 1 is 0.670 bits per heavy atom. The summed E-state index contributed by atoms with van der Waals surface area (Å²) in [6.45, 7) is 24.6. The Kier molecular flexibility index (Phi) is 32.0. The Balaban J connectivity index is 0.000000216. The normalized spacial score (nSPS) is 21.4. The number of aryl methyl sites for hydroxylation is 2. The number of carbonyl (C=O) groups is 2. The molecule has 19 nitrogen and oxygen atoms in total. The van der Waals surface area contributed by atoms with Crippen LogP contribution in [0.4, 0.5) is 0 Å². The molecule has 0 saturated carbocycles. The van der Waals surface area contributed by atoms with Gasteiger partial charge in [0.25, 0.3) is 5.91 Å². The zero-order valence-corrected chi connectivity index (χ0v) is 66.5. The summed E-state index contributed by atoms with van der Waals surface area (Å²) < 4.78 is 53.9. The van der Waals surface area contributed by atoms with Crippen LogP contribution in [0.1, 0.15) is 128 Å². The van der Waals surface area contributed by atoms with E-state index in [0.717, 1.165) is 61.2 Å². The van der Waals surface area contributed by atoms with E-state index in [1.54, 1.807) is 61.0 Å². The first-order chi connectivity index (χ1) is 46.3. The number of hydrogen-bond donors (Lipinski definition) is 1. The number of aliphatic hydroxyl groups excluding tert-OH is 1. The molecular weight excluding hydrogens is 1550 g/mol. The van der Waals surface area contributed by atoms with Crippen LogP contribution in [-0.2, 0) is 73.3 Å². The van der Waals surface area contributed by atoms with E-state index in [0.29, 0.717) is 48.0 Å². The van der Waals surface area contributed by atoms with Gasteiger partial charge in [-0.05, 0) is 149 Å². The van der Waals surface area contributed by atoms with Crippen LogP contribution < -0.4 is 18.9 Å². The van der Waals surface area contributed by atoms with E-state index >= 15 is 0 Å². The number of aromatic nitrogens is 6. The SMILES string of the molecule is C.C1CCOC1.CC1(C)O[C@@H]2[C@H](O1)[C@@H](C(=O)c1ccc(Cl)cc1CO[Si](C)(C)C(C)(C)C)O[C@H]2n1ccc2c(Cl)ncnc21.CCc1[c-]ccc(Cl)c1.CCc1cc(Cl)ccc1Br.CON(C)C(=O)[C@H]1O[C@@H](n2ccc3c(Cl)ncnc32)[C@@H]2OC(C)(C)O[C@@H]21.OCc1cc(Cl)ccc1Br.[Li+]. The van der Waals surface area contributed by atoms with Crippen LogP contribution in [0.25, 0.3) is 22.1 Å². The average Bonchev–Trinajstić information content (AvgIpc) is 1.59. The summed E-state index contributed by atoms with van der Waals surface area (Å²) in [7, 11) is 0.864. The average molecular weight is 1640 g/mol. The number of Topliss-reactive ketones (excluding diaryl/α,β-unsaturated/α-hetero) is 1. The number of amides is 1. The molecule has 9 heterocycles. The van der Waals surface area contributed by atoms with Crippen molar-refractivity contribution in [1.82, 2.24) is 34.1 Å². The van der Waals surface area contributed by atoms with Crippen LogP contribution in [-0.4, -0.2) is 135 Å². The summed E-state index contributed by atoms with van der Waals surface area (Å²) in [5.41, 5.74) is 5.64. The Morgan fingerprint density at radius 2 is 1.13 bits per heavy atom. The number of halogens is 8. The standard InChI is InChI=1S/C27H33Cl2N3O5Si.C16H19ClN4O5.C8H8BrCl.C8H8Cl.C7H6BrClO.C4H8O.CH4.Li/c1-26(2,3)38(6,7)34-13-15-12-16(28)8-9-17(15)19(33)20-21-22(37-27(4,5)36-21)25(35-20)32-11-10-18-23(29)30-14-31-24(18)32;1-16(2)25-9-10(14(22)20(3)23-4)24-15(11(9)26-16)21-6-5-8-12(17)18-7-19-13(8)21;1-2-6-5-7(10)3-4-8(6)9;1-2-7-4-3-5-8(9)6-7;8-7-2-1-6(9)3-5(7)4-10;1-2-4-5-3-1;;/h8-12,14,20-22,25H,13H2,1-7H3;5-7,9-11,15H,1-4H3;3-5H,2H2,1H3;3,5-6H,2H2,1H3;1-3,10H,4H2;1-4H2;1H4;/q;;;-1;;;;+1/t20-,21-,22-,25-;9-,10+,11-,15-;;;;;;/m11....../s1. The molecule has 29 heteroatoms. The van der Waals surface area contributed by atoms with Crippen molar-refractivity contribution in [3.8, 4) is 0 Å². The van der Waals surface area contributed by atoms with Gasteiger partial charge >= 0.3 is 18.9 Å². The molecule has 0 unspecified atom stereocenters. The van der Waals surface area contributed by atoms with E-state index in [9.17, 15) is 9.59 Å². The van der Waals surface area contributed by atoms with Gasteiger partial charge in [0.15, 0.2) is 50.3 Å². The van der Waals surface area contributed by atoms with Gasteiger partial charge < -0.3 is 51.8 Å². The number of rotatable bonds is 12. The van der Waals surface area contributed by atoms with E-state index in [-0.39, 0.29) is 56.2 Å². The molecule has 0 spiro atoms. The van der Waals surface area contributed by atoms with Crippen LogP contribution in [0.5, 0.6) is 0 Å². The minimum Gasteiger partial charge on any atom is -0.413 e. The van der Waals surface area contributed by atoms with Crippen molar-refractivity contribution in [3.05, 3.63) is 183 Å². The van der Waals surface area contributed by atoms with Crippen LogP contribution in [0.2, 0.25) is 48.5 Å². The van der Waals surface area contributed by atoms with E-state index in [1.165, 1.54) is 50.8 Å². The van der Waals surface area contributed by atoms with Gasteiger partial charge in [0.1, 0.15) is 58.7 Å². The third kappa shape index (κ3) is 21.6. The molecule has 100 heavy (non-hydrogen) atoms. The first-order valence-corrected chi connectivity index (χ1v) is 38.5. The molecule has 0 aliphatic carbocycles. The minimum atomic E-state index is -2.07. The van der Waals surface area contributed by atoms with Gasteiger partial charge in [-0.1, -0.05) is 143 Å². The molecule has 5 aliphatic rings. The molecule has 538 valence electrons. The van der Waals surface area contributed by atoms with E-state index < -0.39 is 69.0 Å². The van der Waals surface area contributed by atoms with Gasteiger partial charge in [-0.25, -0.2) is 25.0 Å². The van der Waals surface area contributed by atoms with Gasteiger partial charge in [-0.2, -0.15) is 23.8 Å². The summed E-state index contributed by atoms with van der Waals surface area (Å²) in [6, 6.07) is 28.7. The maximum absolute atomic E-state index is 14.1. The maximum Gasteiger partial charge on any atom is 1.00 e. The number of hydroxylamine groups is 2. The Hall–Kier alpha value is -3.63. The van der Waals surface area contributed by atoms with Crippen LogP contribution in [0.15, 0.2) is 119 Å². The van der Waals surface area contributed by atoms with Crippen molar-refractivity contribution in [2.75, 3.05) is 27.4 Å². The molecule has 1 amide bonds. The molecule has 13 rings (SSSR count). The fourth-order valence-corrected chi connectivity index (χ4v) is 13.8. The van der Waals surface area contributed by atoms with E-state index in [4.69, 9.17) is 117 Å².